The Balaban J connectivity index is 1.48. The third-order valence-corrected chi connectivity index (χ3v) is 4.57. The van der Waals surface area contributed by atoms with Crippen LogP contribution >= 0.6 is 0 Å². The molecule has 0 spiro atoms. The van der Waals surface area contributed by atoms with Crippen molar-refractivity contribution >= 4 is 5.91 Å². The highest BCUT2D eigenvalue weighted by Gasteiger charge is 2.20. The molecule has 1 fully saturated rings. The van der Waals surface area contributed by atoms with Crippen LogP contribution in [0, 0.1) is 5.92 Å². The number of piperidine rings is 1. The highest BCUT2D eigenvalue weighted by Crippen LogP contribution is 2.18. The van der Waals surface area contributed by atoms with E-state index in [1.807, 2.05) is 19.2 Å². The van der Waals surface area contributed by atoms with Crippen molar-refractivity contribution in [1.82, 2.24) is 25.2 Å². The van der Waals surface area contributed by atoms with Gasteiger partial charge in [0.2, 0.25) is 0 Å². The quantitative estimate of drug-likeness (QED) is 0.872. The molecule has 0 aliphatic carbocycles. The Morgan fingerprint density at radius 1 is 1.32 bits per heavy atom. The minimum Gasteiger partial charge on any atom is -0.352 e. The monoisotopic (exact) mass is 339 g/mol. The Bertz CT molecular complexity index is 674. The molecule has 132 valence electrons. The number of carbonyl (C=O) groups is 1. The van der Waals surface area contributed by atoms with Crippen molar-refractivity contribution in [2.75, 3.05) is 19.6 Å². The lowest BCUT2D eigenvalue weighted by molar-refractivity contribution is 0.0930. The summed E-state index contributed by atoms with van der Waals surface area (Å²) in [6.07, 6.45) is 10.0. The largest absolute Gasteiger partial charge is 0.352 e. The smallest absolute Gasteiger partial charge is 0.254 e. The lowest BCUT2D eigenvalue weighted by atomic mass is 9.97. The van der Waals surface area contributed by atoms with Gasteiger partial charge in [0.25, 0.3) is 5.91 Å². The Morgan fingerprint density at radius 2 is 2.16 bits per heavy atom. The number of aromatic nitrogens is 3. The molecule has 1 N–H and O–H groups in total. The van der Waals surface area contributed by atoms with Gasteiger partial charge in [-0.2, -0.15) is 0 Å². The molecule has 1 atom stereocenters. The summed E-state index contributed by atoms with van der Waals surface area (Å²) in [6.45, 7) is 5.71. The Hall–Kier alpha value is -2.34. The summed E-state index contributed by atoms with van der Waals surface area (Å²) in [7, 11) is 0. The molecule has 1 amide bonds. The highest BCUT2D eigenvalue weighted by atomic mass is 16.1. The first-order valence-corrected chi connectivity index (χ1v) is 8.95. The number of hydrogen-bond donors (Lipinski definition) is 1. The summed E-state index contributed by atoms with van der Waals surface area (Å²) in [5.74, 6) is 1.15. The molecule has 0 aromatic carbocycles. The predicted molar refractivity (Wildman–Crippen MR) is 96.0 cm³/mol. The van der Waals surface area contributed by atoms with Crippen LogP contribution < -0.4 is 5.32 Å². The van der Waals surface area contributed by atoms with Gasteiger partial charge in [-0.25, -0.2) is 9.97 Å². The SMILES string of the molecule is CCc1ncc(C(=O)NCC2CCCN(Cc3cccnc3)C2)cn1. The lowest BCUT2D eigenvalue weighted by Crippen LogP contribution is -2.40. The maximum Gasteiger partial charge on any atom is 0.254 e. The summed E-state index contributed by atoms with van der Waals surface area (Å²) in [5, 5.41) is 3.03. The maximum atomic E-state index is 12.2. The van der Waals surface area contributed by atoms with Crippen LogP contribution in [0.2, 0.25) is 0 Å². The summed E-state index contributed by atoms with van der Waals surface area (Å²) in [6, 6.07) is 4.08. The van der Waals surface area contributed by atoms with Crippen molar-refractivity contribution in [3.8, 4) is 0 Å². The van der Waals surface area contributed by atoms with Crippen LogP contribution in [-0.2, 0) is 13.0 Å². The van der Waals surface area contributed by atoms with Crippen LogP contribution in [0.25, 0.3) is 0 Å². The van der Waals surface area contributed by atoms with Crippen LogP contribution in [0.15, 0.2) is 36.9 Å². The summed E-state index contributed by atoms with van der Waals surface area (Å²) in [5.41, 5.74) is 1.76. The molecule has 1 aliphatic heterocycles. The van der Waals surface area contributed by atoms with Crippen molar-refractivity contribution in [2.45, 2.75) is 32.7 Å². The van der Waals surface area contributed by atoms with Gasteiger partial charge in [-0.3, -0.25) is 14.7 Å². The van der Waals surface area contributed by atoms with Gasteiger partial charge in [0.15, 0.2) is 0 Å². The number of rotatable bonds is 6. The van der Waals surface area contributed by atoms with Gasteiger partial charge in [-0.05, 0) is 36.9 Å². The van der Waals surface area contributed by atoms with Gasteiger partial charge >= 0.3 is 0 Å². The molecule has 6 heteroatoms. The average Bonchev–Trinajstić information content (AvgIpc) is 2.67. The van der Waals surface area contributed by atoms with Crippen molar-refractivity contribution in [3.05, 3.63) is 53.9 Å². The zero-order valence-corrected chi connectivity index (χ0v) is 14.7. The first kappa shape index (κ1) is 17.5. The first-order chi connectivity index (χ1) is 12.2. The van der Waals surface area contributed by atoms with Crippen LogP contribution in [-0.4, -0.2) is 45.4 Å². The van der Waals surface area contributed by atoms with E-state index in [0.29, 0.717) is 18.0 Å². The zero-order valence-electron chi connectivity index (χ0n) is 14.7. The molecule has 0 saturated carbocycles. The Morgan fingerprint density at radius 3 is 2.88 bits per heavy atom. The van der Waals surface area contributed by atoms with E-state index in [9.17, 15) is 4.79 Å². The van der Waals surface area contributed by atoms with E-state index in [4.69, 9.17) is 0 Å². The van der Waals surface area contributed by atoms with E-state index in [1.165, 1.54) is 5.56 Å². The number of aryl methyl sites for hydroxylation is 1. The minimum absolute atomic E-state index is 0.0907. The van der Waals surface area contributed by atoms with Gasteiger partial charge in [-0.1, -0.05) is 13.0 Å². The number of nitrogens with one attached hydrogen (secondary N) is 1. The third-order valence-electron chi connectivity index (χ3n) is 4.57. The molecule has 1 saturated heterocycles. The lowest BCUT2D eigenvalue weighted by Gasteiger charge is -2.32. The molecule has 6 nitrogen and oxygen atoms in total. The molecule has 0 radical (unpaired) electrons. The fourth-order valence-electron chi connectivity index (χ4n) is 3.21. The Labute approximate surface area is 148 Å². The minimum atomic E-state index is -0.0907. The second-order valence-corrected chi connectivity index (χ2v) is 6.56. The molecule has 1 aliphatic rings. The molecule has 2 aromatic heterocycles. The molecule has 2 aromatic rings. The number of carbonyl (C=O) groups excluding carboxylic acids is 1. The number of amides is 1. The summed E-state index contributed by atoms with van der Waals surface area (Å²) < 4.78 is 0. The van der Waals surface area contributed by atoms with Gasteiger partial charge in [0.05, 0.1) is 5.56 Å². The first-order valence-electron chi connectivity index (χ1n) is 8.95. The normalized spacial score (nSPS) is 18.0. The number of likely N-dealkylation sites (tertiary alicyclic amines) is 1. The molecule has 1 unspecified atom stereocenters. The van der Waals surface area contributed by atoms with Crippen LogP contribution in [0.3, 0.4) is 0 Å². The topological polar surface area (TPSA) is 71.0 Å². The number of nitrogens with zero attached hydrogens (tertiary/aromatic N) is 4. The van der Waals surface area contributed by atoms with Crippen molar-refractivity contribution < 1.29 is 4.79 Å². The van der Waals surface area contributed by atoms with Crippen molar-refractivity contribution in [3.63, 3.8) is 0 Å². The third kappa shape index (κ3) is 5.06. The number of pyridine rings is 1. The van der Waals surface area contributed by atoms with Crippen molar-refractivity contribution in [2.24, 2.45) is 5.92 Å². The second-order valence-electron chi connectivity index (χ2n) is 6.56. The molecule has 25 heavy (non-hydrogen) atoms. The van der Waals surface area contributed by atoms with Crippen LogP contribution in [0.1, 0.15) is 41.5 Å². The molecular formula is C19H25N5O. The van der Waals surface area contributed by atoms with Gasteiger partial charge in [-0.15, -0.1) is 0 Å². The molecule has 0 bridgehead atoms. The van der Waals surface area contributed by atoms with Gasteiger partial charge in [0.1, 0.15) is 5.82 Å². The summed E-state index contributed by atoms with van der Waals surface area (Å²) in [4.78, 5) is 27.2. The van der Waals surface area contributed by atoms with E-state index in [2.05, 4.69) is 31.2 Å². The van der Waals surface area contributed by atoms with E-state index in [1.54, 1.807) is 18.6 Å². The fourth-order valence-corrected chi connectivity index (χ4v) is 3.21. The van der Waals surface area contributed by atoms with Crippen LogP contribution in [0.4, 0.5) is 0 Å². The molecule has 3 heterocycles. The van der Waals surface area contributed by atoms with Gasteiger partial charge < -0.3 is 5.32 Å². The van der Waals surface area contributed by atoms with E-state index < -0.39 is 0 Å². The van der Waals surface area contributed by atoms with Gasteiger partial charge in [0, 0.05) is 50.8 Å². The highest BCUT2D eigenvalue weighted by molar-refractivity contribution is 5.93. The molecule has 3 rings (SSSR count). The zero-order chi connectivity index (χ0) is 17.5. The van der Waals surface area contributed by atoms with E-state index in [0.717, 1.165) is 44.7 Å². The predicted octanol–water partition coefficient (Wildman–Crippen LogP) is 2.08. The number of hydrogen-bond acceptors (Lipinski definition) is 5. The Kier molecular flexibility index (Phi) is 6.06. The summed E-state index contributed by atoms with van der Waals surface area (Å²) >= 11 is 0. The fraction of sp³-hybridized carbons (Fsp3) is 0.474. The van der Waals surface area contributed by atoms with E-state index in [-0.39, 0.29) is 5.91 Å². The molecular weight excluding hydrogens is 314 g/mol. The average molecular weight is 339 g/mol. The maximum absolute atomic E-state index is 12.2. The van der Waals surface area contributed by atoms with Crippen molar-refractivity contribution in [1.29, 1.82) is 0 Å². The van der Waals surface area contributed by atoms with Crippen LogP contribution in [0.5, 0.6) is 0 Å². The van der Waals surface area contributed by atoms with E-state index >= 15 is 0 Å². The standard InChI is InChI=1S/C19H25N5O/c1-2-18-21-11-17(12-22-18)19(25)23-10-16-6-4-8-24(14-16)13-15-5-3-7-20-9-15/h3,5,7,9,11-12,16H,2,4,6,8,10,13-14H2,1H3,(H,23,25). The second kappa shape index (κ2) is 8.67.